The molecule has 5 heteroatoms. The molecule has 1 N–H and O–H groups in total. The van der Waals surface area contributed by atoms with Crippen molar-refractivity contribution in [2.75, 3.05) is 5.32 Å². The molecule has 168 valence electrons. The minimum atomic E-state index is -0.0546. The third kappa shape index (κ3) is 6.31. The molecule has 4 aromatic rings. The highest BCUT2D eigenvalue weighted by atomic mass is 35.5. The van der Waals surface area contributed by atoms with E-state index in [4.69, 9.17) is 11.6 Å². The zero-order chi connectivity index (χ0) is 23.2. The summed E-state index contributed by atoms with van der Waals surface area (Å²) in [7, 11) is 0. The number of halogens is 1. The zero-order valence-electron chi connectivity index (χ0n) is 18.8. The molecule has 1 amide bonds. The van der Waals surface area contributed by atoms with Gasteiger partial charge in [0.15, 0.2) is 5.13 Å². The van der Waals surface area contributed by atoms with Gasteiger partial charge in [-0.05, 0) is 40.3 Å². The number of anilines is 1. The Morgan fingerprint density at radius 2 is 1.55 bits per heavy atom. The van der Waals surface area contributed by atoms with Crippen LogP contribution in [0, 0.1) is 0 Å². The molecule has 4 rings (SSSR count). The van der Waals surface area contributed by atoms with E-state index in [1.54, 1.807) is 0 Å². The summed E-state index contributed by atoms with van der Waals surface area (Å²) in [4.78, 5) is 18.5. The molecule has 1 aromatic heterocycles. The lowest BCUT2D eigenvalue weighted by Crippen LogP contribution is -2.16. The van der Waals surface area contributed by atoms with Crippen molar-refractivity contribution in [2.24, 2.45) is 0 Å². The fourth-order valence-electron chi connectivity index (χ4n) is 3.83. The summed E-state index contributed by atoms with van der Waals surface area (Å²) in [6.07, 6.45) is 2.99. The summed E-state index contributed by atoms with van der Waals surface area (Å²) in [5, 5.41) is 4.32. The molecule has 1 heterocycles. The van der Waals surface area contributed by atoms with Crippen LogP contribution in [0.3, 0.4) is 0 Å². The molecular formula is C28H27ClN2OS. The van der Waals surface area contributed by atoms with E-state index >= 15 is 0 Å². The van der Waals surface area contributed by atoms with E-state index in [1.165, 1.54) is 22.5 Å². The number of amides is 1. The van der Waals surface area contributed by atoms with E-state index in [9.17, 15) is 4.79 Å². The van der Waals surface area contributed by atoms with E-state index in [0.29, 0.717) is 22.5 Å². The number of hydrogen-bond donors (Lipinski definition) is 1. The van der Waals surface area contributed by atoms with Gasteiger partial charge in [-0.2, -0.15) is 0 Å². The van der Waals surface area contributed by atoms with Gasteiger partial charge < -0.3 is 5.32 Å². The molecule has 0 radical (unpaired) electrons. The normalized spacial score (nSPS) is 12.0. The molecule has 1 unspecified atom stereocenters. The molecule has 0 aliphatic rings. The second-order valence-electron chi connectivity index (χ2n) is 8.47. The van der Waals surface area contributed by atoms with Crippen LogP contribution in [0.5, 0.6) is 0 Å². The topological polar surface area (TPSA) is 42.0 Å². The zero-order valence-corrected chi connectivity index (χ0v) is 20.4. The summed E-state index contributed by atoms with van der Waals surface area (Å²) in [6.45, 7) is 4.39. The molecule has 1 atom stereocenters. The second-order valence-corrected chi connectivity index (χ2v) is 10.0. The van der Waals surface area contributed by atoms with Crippen molar-refractivity contribution in [3.63, 3.8) is 0 Å². The van der Waals surface area contributed by atoms with Gasteiger partial charge in [0.25, 0.3) is 0 Å². The van der Waals surface area contributed by atoms with Gasteiger partial charge in [0, 0.05) is 34.9 Å². The van der Waals surface area contributed by atoms with Gasteiger partial charge in [0.05, 0.1) is 0 Å². The first-order valence-electron chi connectivity index (χ1n) is 11.1. The molecule has 0 aliphatic carbocycles. The SMILES string of the molecule is CC(C)c1ccc(Cc2cnc(NC(=O)CC(c3ccccc3)c3ccc(Cl)cc3)s2)cc1. The second kappa shape index (κ2) is 10.8. The van der Waals surface area contributed by atoms with Crippen LogP contribution < -0.4 is 5.32 Å². The minimum absolute atomic E-state index is 0.0534. The Balaban J connectivity index is 1.43. The monoisotopic (exact) mass is 474 g/mol. The van der Waals surface area contributed by atoms with Gasteiger partial charge in [-0.25, -0.2) is 4.98 Å². The number of rotatable bonds is 8. The first-order chi connectivity index (χ1) is 16.0. The highest BCUT2D eigenvalue weighted by Crippen LogP contribution is 2.30. The molecule has 0 aliphatic heterocycles. The summed E-state index contributed by atoms with van der Waals surface area (Å²) >= 11 is 7.60. The quantitative estimate of drug-likeness (QED) is 0.284. The summed E-state index contributed by atoms with van der Waals surface area (Å²) in [6, 6.07) is 26.5. The van der Waals surface area contributed by atoms with Gasteiger partial charge in [-0.1, -0.05) is 92.2 Å². The van der Waals surface area contributed by atoms with Crippen LogP contribution >= 0.6 is 22.9 Å². The predicted octanol–water partition coefficient (Wildman–Crippen LogP) is 7.67. The van der Waals surface area contributed by atoms with Crippen molar-refractivity contribution in [2.45, 2.75) is 38.5 Å². The van der Waals surface area contributed by atoms with E-state index in [2.05, 4.69) is 60.5 Å². The van der Waals surface area contributed by atoms with Crippen LogP contribution in [-0.2, 0) is 11.2 Å². The van der Waals surface area contributed by atoms with Crippen molar-refractivity contribution in [1.29, 1.82) is 0 Å². The fraction of sp³-hybridized carbons (Fsp3) is 0.214. The molecule has 3 nitrogen and oxygen atoms in total. The lowest BCUT2D eigenvalue weighted by Gasteiger charge is -2.17. The molecular weight excluding hydrogens is 448 g/mol. The Morgan fingerprint density at radius 3 is 2.21 bits per heavy atom. The maximum absolute atomic E-state index is 12.9. The van der Waals surface area contributed by atoms with Crippen molar-refractivity contribution in [3.05, 3.63) is 117 Å². The van der Waals surface area contributed by atoms with Crippen LogP contribution in [0.2, 0.25) is 5.02 Å². The smallest absolute Gasteiger partial charge is 0.227 e. The average Bonchev–Trinajstić information content (AvgIpc) is 3.25. The largest absolute Gasteiger partial charge is 0.302 e. The van der Waals surface area contributed by atoms with Crippen molar-refractivity contribution in [3.8, 4) is 0 Å². The Labute approximate surface area is 204 Å². The lowest BCUT2D eigenvalue weighted by molar-refractivity contribution is -0.116. The Morgan fingerprint density at radius 1 is 0.909 bits per heavy atom. The molecule has 0 spiro atoms. The lowest BCUT2D eigenvalue weighted by atomic mass is 9.88. The molecule has 0 saturated carbocycles. The van der Waals surface area contributed by atoms with Crippen LogP contribution in [0.1, 0.15) is 59.2 Å². The maximum atomic E-state index is 12.9. The number of nitrogens with zero attached hydrogens (tertiary/aromatic N) is 1. The summed E-state index contributed by atoms with van der Waals surface area (Å²) in [5.74, 6) is 0.417. The van der Waals surface area contributed by atoms with Gasteiger partial charge in [-0.15, -0.1) is 11.3 Å². The van der Waals surface area contributed by atoms with E-state index in [1.807, 2.05) is 48.7 Å². The predicted molar refractivity (Wildman–Crippen MR) is 138 cm³/mol. The fourth-order valence-corrected chi connectivity index (χ4v) is 4.82. The van der Waals surface area contributed by atoms with Crippen molar-refractivity contribution >= 4 is 34.0 Å². The Kier molecular flexibility index (Phi) is 7.58. The number of carbonyl (C=O) groups excluding carboxylic acids is 1. The molecule has 33 heavy (non-hydrogen) atoms. The van der Waals surface area contributed by atoms with E-state index < -0.39 is 0 Å². The third-order valence-electron chi connectivity index (χ3n) is 5.69. The van der Waals surface area contributed by atoms with Crippen LogP contribution in [-0.4, -0.2) is 10.9 Å². The summed E-state index contributed by atoms with van der Waals surface area (Å²) in [5.41, 5.74) is 4.74. The average molecular weight is 475 g/mol. The highest BCUT2D eigenvalue weighted by Gasteiger charge is 2.19. The number of benzene rings is 3. The molecule has 3 aromatic carbocycles. The standard InChI is InChI=1S/C28H27ClN2OS/c1-19(2)21-10-8-20(9-11-21)16-25-18-30-28(33-25)31-27(32)17-26(22-6-4-3-5-7-22)23-12-14-24(29)15-13-23/h3-15,18-19,26H,16-17H2,1-2H3,(H,30,31,32). The van der Waals surface area contributed by atoms with E-state index in [0.717, 1.165) is 22.4 Å². The minimum Gasteiger partial charge on any atom is -0.302 e. The van der Waals surface area contributed by atoms with Crippen LogP contribution in [0.4, 0.5) is 5.13 Å². The summed E-state index contributed by atoms with van der Waals surface area (Å²) < 4.78 is 0. The Bertz CT molecular complexity index is 1180. The maximum Gasteiger partial charge on any atom is 0.227 e. The number of carbonyl (C=O) groups is 1. The number of nitrogens with one attached hydrogen (secondary N) is 1. The van der Waals surface area contributed by atoms with Gasteiger partial charge in [0.2, 0.25) is 5.91 Å². The number of thiazole rings is 1. The number of aromatic nitrogens is 1. The molecule has 0 fully saturated rings. The van der Waals surface area contributed by atoms with Gasteiger partial charge in [-0.3, -0.25) is 4.79 Å². The van der Waals surface area contributed by atoms with Crippen molar-refractivity contribution in [1.82, 2.24) is 4.98 Å². The van der Waals surface area contributed by atoms with Crippen molar-refractivity contribution < 1.29 is 4.79 Å². The molecule has 0 saturated heterocycles. The van der Waals surface area contributed by atoms with Crippen LogP contribution in [0.15, 0.2) is 85.1 Å². The third-order valence-corrected chi connectivity index (χ3v) is 6.85. The van der Waals surface area contributed by atoms with Crippen LogP contribution in [0.25, 0.3) is 0 Å². The van der Waals surface area contributed by atoms with E-state index in [-0.39, 0.29) is 11.8 Å². The van der Waals surface area contributed by atoms with Gasteiger partial charge >= 0.3 is 0 Å². The number of hydrogen-bond acceptors (Lipinski definition) is 3. The first-order valence-corrected chi connectivity index (χ1v) is 12.3. The Hall–Kier alpha value is -2.95. The highest BCUT2D eigenvalue weighted by molar-refractivity contribution is 7.15. The molecule has 0 bridgehead atoms. The first kappa shape index (κ1) is 23.2. The van der Waals surface area contributed by atoms with Gasteiger partial charge in [0.1, 0.15) is 0 Å².